The molecule has 0 N–H and O–H groups in total. The molecular weight excluding hydrogens is 378 g/mol. The zero-order valence-corrected chi connectivity index (χ0v) is 13.6. The Bertz CT molecular complexity index is 535. The van der Waals surface area contributed by atoms with Crippen molar-refractivity contribution < 1.29 is 0 Å². The predicted molar refractivity (Wildman–Crippen MR) is 87.7 cm³/mol. The molecule has 0 amide bonds. The highest BCUT2D eigenvalue weighted by atomic mass is 127. The van der Waals surface area contributed by atoms with Crippen LogP contribution in [0.1, 0.15) is 29.0 Å². The van der Waals surface area contributed by atoms with Gasteiger partial charge in [0.1, 0.15) is 0 Å². The zero-order chi connectivity index (χ0) is 13.1. The summed E-state index contributed by atoms with van der Waals surface area (Å²) in [7, 11) is 0. The molecule has 0 aliphatic carbocycles. The van der Waals surface area contributed by atoms with E-state index in [1.807, 2.05) is 18.2 Å². The molecule has 1 atom stereocenters. The molecule has 0 saturated carbocycles. The zero-order valence-electron chi connectivity index (χ0n) is 9.96. The molecule has 0 nitrogen and oxygen atoms in total. The van der Waals surface area contributed by atoms with Crippen LogP contribution in [0.3, 0.4) is 0 Å². The Balaban J connectivity index is 2.28. The first kappa shape index (κ1) is 14.2. The van der Waals surface area contributed by atoms with Gasteiger partial charge in [0.2, 0.25) is 0 Å². The van der Waals surface area contributed by atoms with E-state index in [1.165, 1.54) is 5.56 Å². The van der Waals surface area contributed by atoms with Crippen molar-refractivity contribution in [2.24, 2.45) is 0 Å². The number of benzene rings is 2. The lowest BCUT2D eigenvalue weighted by atomic mass is 10.0. The summed E-state index contributed by atoms with van der Waals surface area (Å²) in [6.07, 6.45) is 1.04. The van der Waals surface area contributed by atoms with E-state index in [0.717, 1.165) is 26.1 Å². The van der Waals surface area contributed by atoms with Gasteiger partial charge in [0.25, 0.3) is 0 Å². The van der Waals surface area contributed by atoms with E-state index >= 15 is 0 Å². The summed E-state index contributed by atoms with van der Waals surface area (Å²) >= 11 is 14.8. The third-order valence-electron chi connectivity index (χ3n) is 2.92. The second-order valence-electron chi connectivity index (χ2n) is 4.13. The number of hydrogen-bond donors (Lipinski definition) is 0. The van der Waals surface area contributed by atoms with Gasteiger partial charge in [-0.2, -0.15) is 0 Å². The molecule has 18 heavy (non-hydrogen) atoms. The number of halogens is 3. The van der Waals surface area contributed by atoms with Gasteiger partial charge < -0.3 is 0 Å². The molecule has 0 fully saturated rings. The van der Waals surface area contributed by atoms with Crippen LogP contribution in [-0.4, -0.2) is 0 Å². The smallest absolute Gasteiger partial charge is 0.0835 e. The van der Waals surface area contributed by atoms with Gasteiger partial charge in [0.15, 0.2) is 0 Å². The maximum atomic E-state index is 6.49. The van der Waals surface area contributed by atoms with Crippen molar-refractivity contribution in [3.05, 3.63) is 67.7 Å². The van der Waals surface area contributed by atoms with E-state index in [-0.39, 0.29) is 5.38 Å². The van der Waals surface area contributed by atoms with Crippen LogP contribution < -0.4 is 0 Å². The largest absolute Gasteiger partial charge is 0.113 e. The molecule has 0 bridgehead atoms. The lowest BCUT2D eigenvalue weighted by Gasteiger charge is -2.12. The first-order valence-electron chi connectivity index (χ1n) is 5.79. The Morgan fingerprint density at radius 1 is 1.06 bits per heavy atom. The first-order valence-corrected chi connectivity index (χ1v) is 7.69. The van der Waals surface area contributed by atoms with Gasteiger partial charge >= 0.3 is 0 Å². The third kappa shape index (κ3) is 3.19. The maximum Gasteiger partial charge on any atom is 0.0835 e. The lowest BCUT2D eigenvalue weighted by Crippen LogP contribution is -1.94. The Labute approximate surface area is 131 Å². The quantitative estimate of drug-likeness (QED) is 0.456. The summed E-state index contributed by atoms with van der Waals surface area (Å²) in [6, 6.07) is 14.4. The van der Waals surface area contributed by atoms with Crippen molar-refractivity contribution in [2.45, 2.75) is 18.7 Å². The Morgan fingerprint density at radius 2 is 1.67 bits per heavy atom. The van der Waals surface area contributed by atoms with Gasteiger partial charge in [0.05, 0.1) is 10.4 Å². The summed E-state index contributed by atoms with van der Waals surface area (Å²) in [5, 5.41) is 0.606. The summed E-state index contributed by atoms with van der Waals surface area (Å²) in [4.78, 5) is 0. The van der Waals surface area contributed by atoms with Gasteiger partial charge in [-0.25, -0.2) is 0 Å². The molecule has 94 valence electrons. The van der Waals surface area contributed by atoms with Gasteiger partial charge in [-0.15, -0.1) is 11.6 Å². The first-order chi connectivity index (χ1) is 8.61. The molecule has 2 aromatic rings. The fraction of sp³-hybridized carbons (Fsp3) is 0.200. The van der Waals surface area contributed by atoms with Gasteiger partial charge in [0, 0.05) is 3.57 Å². The number of alkyl halides is 1. The van der Waals surface area contributed by atoms with Crippen LogP contribution in [-0.2, 0) is 6.42 Å². The molecule has 0 radical (unpaired) electrons. The van der Waals surface area contributed by atoms with Crippen LogP contribution in [0, 0.1) is 3.57 Å². The molecule has 0 aliphatic rings. The van der Waals surface area contributed by atoms with Crippen molar-refractivity contribution in [1.29, 1.82) is 0 Å². The summed E-state index contributed by atoms with van der Waals surface area (Å²) in [6.45, 7) is 2.14. The third-order valence-corrected chi connectivity index (χ3v) is 4.99. The Hall–Kier alpha value is -0.250. The number of hydrogen-bond acceptors (Lipinski definition) is 0. The monoisotopic (exact) mass is 390 g/mol. The van der Waals surface area contributed by atoms with Gasteiger partial charge in [-0.3, -0.25) is 0 Å². The van der Waals surface area contributed by atoms with E-state index in [9.17, 15) is 0 Å². The lowest BCUT2D eigenvalue weighted by molar-refractivity contribution is 1.10. The molecule has 0 aliphatic heterocycles. The van der Waals surface area contributed by atoms with E-state index < -0.39 is 0 Å². The van der Waals surface area contributed by atoms with Gasteiger partial charge in [-0.05, 0) is 57.8 Å². The second kappa shape index (κ2) is 6.27. The van der Waals surface area contributed by atoms with Crippen LogP contribution in [0.5, 0.6) is 0 Å². The summed E-state index contributed by atoms with van der Waals surface area (Å²) < 4.78 is 1.04. The van der Waals surface area contributed by atoms with E-state index in [1.54, 1.807) is 0 Å². The highest BCUT2D eigenvalue weighted by Gasteiger charge is 2.11. The minimum Gasteiger partial charge on any atom is -0.113 e. The predicted octanol–water partition coefficient (Wildman–Crippen LogP) is 5.84. The molecular formula is C15H13Cl2I. The van der Waals surface area contributed by atoms with Crippen molar-refractivity contribution >= 4 is 45.8 Å². The molecule has 0 heterocycles. The molecule has 0 aromatic heterocycles. The molecule has 0 spiro atoms. The van der Waals surface area contributed by atoms with E-state index in [2.05, 4.69) is 53.8 Å². The average Bonchev–Trinajstić information content (AvgIpc) is 2.41. The summed E-state index contributed by atoms with van der Waals surface area (Å²) in [5.74, 6) is 0. The van der Waals surface area contributed by atoms with Crippen molar-refractivity contribution in [1.82, 2.24) is 0 Å². The number of aryl methyl sites for hydroxylation is 1. The van der Waals surface area contributed by atoms with E-state index in [4.69, 9.17) is 23.2 Å². The molecule has 0 saturated heterocycles. The SMILES string of the molecule is CCc1ccc(C(Cl)c2ccc(I)c(Cl)c2)cc1. The van der Waals surface area contributed by atoms with Crippen molar-refractivity contribution in [3.63, 3.8) is 0 Å². The fourth-order valence-corrected chi connectivity index (χ4v) is 2.59. The molecule has 1 unspecified atom stereocenters. The van der Waals surface area contributed by atoms with Crippen LogP contribution >= 0.6 is 45.8 Å². The second-order valence-corrected chi connectivity index (χ2v) is 6.14. The topological polar surface area (TPSA) is 0 Å². The molecule has 2 aromatic carbocycles. The maximum absolute atomic E-state index is 6.49. The molecule has 3 heteroatoms. The Morgan fingerprint density at radius 3 is 2.22 bits per heavy atom. The normalized spacial score (nSPS) is 12.4. The Kier molecular flexibility index (Phi) is 4.93. The number of rotatable bonds is 3. The molecule has 2 rings (SSSR count). The van der Waals surface area contributed by atoms with Crippen LogP contribution in [0.15, 0.2) is 42.5 Å². The van der Waals surface area contributed by atoms with Crippen LogP contribution in [0.25, 0.3) is 0 Å². The highest BCUT2D eigenvalue weighted by Crippen LogP contribution is 2.31. The minimum absolute atomic E-state index is 0.148. The summed E-state index contributed by atoms with van der Waals surface area (Å²) in [5.41, 5.74) is 3.46. The van der Waals surface area contributed by atoms with Crippen LogP contribution in [0.2, 0.25) is 5.02 Å². The standard InChI is InChI=1S/C15H13Cl2I/c1-2-10-3-5-11(6-4-10)15(17)12-7-8-14(18)13(16)9-12/h3-9,15H,2H2,1H3. The fourth-order valence-electron chi connectivity index (χ4n) is 1.78. The van der Waals surface area contributed by atoms with Gasteiger partial charge in [-0.1, -0.05) is 48.9 Å². The highest BCUT2D eigenvalue weighted by molar-refractivity contribution is 14.1. The van der Waals surface area contributed by atoms with Crippen molar-refractivity contribution in [2.75, 3.05) is 0 Å². The van der Waals surface area contributed by atoms with Crippen molar-refractivity contribution in [3.8, 4) is 0 Å². The van der Waals surface area contributed by atoms with Crippen LogP contribution in [0.4, 0.5) is 0 Å². The minimum atomic E-state index is -0.148. The average molecular weight is 391 g/mol. The van der Waals surface area contributed by atoms with E-state index in [0.29, 0.717) is 0 Å².